The van der Waals surface area contributed by atoms with Crippen molar-refractivity contribution in [3.63, 3.8) is 0 Å². The fourth-order valence-electron chi connectivity index (χ4n) is 1.92. The van der Waals surface area contributed by atoms with Crippen molar-refractivity contribution in [1.29, 1.82) is 5.26 Å². The zero-order chi connectivity index (χ0) is 18.4. The van der Waals surface area contributed by atoms with Crippen molar-refractivity contribution < 1.29 is 22.8 Å². The first-order valence-corrected chi connectivity index (χ1v) is 6.86. The van der Waals surface area contributed by atoms with Gasteiger partial charge in [-0.05, 0) is 12.1 Å². The lowest BCUT2D eigenvalue weighted by molar-refractivity contribution is -0.384. The van der Waals surface area contributed by atoms with Crippen LogP contribution in [0.2, 0.25) is 0 Å². The molecule has 1 heterocycles. The van der Waals surface area contributed by atoms with E-state index in [0.29, 0.717) is 11.3 Å². The summed E-state index contributed by atoms with van der Waals surface area (Å²) in [4.78, 5) is 13.8. The van der Waals surface area contributed by atoms with Crippen molar-refractivity contribution in [2.24, 2.45) is 0 Å². The van der Waals surface area contributed by atoms with Gasteiger partial charge in [-0.25, -0.2) is 4.98 Å². The number of nitro benzene ring substituents is 1. The fraction of sp³-hybridized carbons (Fsp3) is 0.200. The van der Waals surface area contributed by atoms with Crippen LogP contribution < -0.4 is 10.1 Å². The van der Waals surface area contributed by atoms with Gasteiger partial charge in [0.05, 0.1) is 16.2 Å². The summed E-state index contributed by atoms with van der Waals surface area (Å²) in [5.41, 5.74) is 0.446. The molecule has 0 amide bonds. The number of benzene rings is 1. The molecule has 0 spiro atoms. The van der Waals surface area contributed by atoms with E-state index in [9.17, 15) is 23.3 Å². The van der Waals surface area contributed by atoms with Crippen LogP contribution in [-0.2, 0) is 6.54 Å². The average molecular weight is 352 g/mol. The lowest BCUT2D eigenvalue weighted by Crippen LogP contribution is -2.20. The molecule has 1 aromatic carbocycles. The number of aromatic nitrogens is 1. The molecular weight excluding hydrogens is 341 g/mol. The predicted molar refractivity (Wildman–Crippen MR) is 80.9 cm³/mol. The number of hydrogen-bond donors (Lipinski definition) is 1. The van der Waals surface area contributed by atoms with E-state index in [1.54, 1.807) is 0 Å². The van der Waals surface area contributed by atoms with Crippen LogP contribution in [0.15, 0.2) is 36.5 Å². The Morgan fingerprint density at radius 2 is 2.12 bits per heavy atom. The highest BCUT2D eigenvalue weighted by Gasteiger charge is 2.29. The molecule has 0 atom stereocenters. The van der Waals surface area contributed by atoms with E-state index in [-0.39, 0.29) is 23.7 Å². The summed E-state index contributed by atoms with van der Waals surface area (Å²) in [7, 11) is 0. The molecule has 0 bridgehead atoms. The van der Waals surface area contributed by atoms with Gasteiger partial charge in [-0.3, -0.25) is 10.1 Å². The number of nitro groups is 1. The number of ether oxygens (including phenoxy) is 1. The Balaban J connectivity index is 2.14. The summed E-state index contributed by atoms with van der Waals surface area (Å²) < 4.78 is 41.5. The Morgan fingerprint density at radius 1 is 1.36 bits per heavy atom. The number of alkyl halides is 3. The summed E-state index contributed by atoms with van der Waals surface area (Å²) >= 11 is 0. The maximum absolute atomic E-state index is 12.3. The van der Waals surface area contributed by atoms with Crippen LogP contribution in [0.3, 0.4) is 0 Å². The summed E-state index contributed by atoms with van der Waals surface area (Å²) in [5, 5.41) is 22.6. The van der Waals surface area contributed by atoms with Crippen molar-refractivity contribution in [3.8, 4) is 11.9 Å². The first kappa shape index (κ1) is 18.0. The minimum Gasteiger partial charge on any atom is -0.468 e. The van der Waals surface area contributed by atoms with Gasteiger partial charge in [-0.15, -0.1) is 0 Å². The molecule has 2 rings (SSSR count). The van der Waals surface area contributed by atoms with Crippen LogP contribution in [0.4, 0.5) is 24.5 Å². The fourth-order valence-corrected chi connectivity index (χ4v) is 1.92. The van der Waals surface area contributed by atoms with Crippen LogP contribution in [0.25, 0.3) is 0 Å². The zero-order valence-corrected chi connectivity index (χ0v) is 12.6. The average Bonchev–Trinajstić information content (AvgIpc) is 2.57. The molecule has 0 saturated carbocycles. The topological polar surface area (TPSA) is 101 Å². The van der Waals surface area contributed by atoms with Crippen LogP contribution in [-0.4, -0.2) is 22.7 Å². The molecule has 1 aromatic heterocycles. The van der Waals surface area contributed by atoms with Crippen LogP contribution in [0.1, 0.15) is 11.1 Å². The molecule has 10 heteroatoms. The lowest BCUT2D eigenvalue weighted by atomic mass is 10.1. The highest BCUT2D eigenvalue weighted by molar-refractivity contribution is 5.61. The third kappa shape index (κ3) is 5.07. The number of halogens is 3. The van der Waals surface area contributed by atoms with Gasteiger partial charge in [0.15, 0.2) is 6.61 Å². The highest BCUT2D eigenvalue weighted by Crippen LogP contribution is 2.24. The van der Waals surface area contributed by atoms with Crippen molar-refractivity contribution in [3.05, 3.63) is 57.8 Å². The van der Waals surface area contributed by atoms with E-state index in [4.69, 9.17) is 5.26 Å². The standard InChI is InChI=1S/C15H11F3N4O3/c16-15(17,18)9-25-14-10(2-1-5-20-14)8-21-13-4-3-12(22(23)24)6-11(13)7-19/h1-6,21H,8-9H2. The zero-order valence-electron chi connectivity index (χ0n) is 12.6. The first-order chi connectivity index (χ1) is 11.8. The molecule has 130 valence electrons. The van der Waals surface area contributed by atoms with Gasteiger partial charge in [0.2, 0.25) is 5.88 Å². The largest absolute Gasteiger partial charge is 0.468 e. The maximum atomic E-state index is 12.3. The number of non-ortho nitro benzene ring substituents is 1. The molecule has 0 unspecified atom stereocenters. The number of nitrogens with one attached hydrogen (secondary N) is 1. The number of nitrogens with zero attached hydrogens (tertiary/aromatic N) is 3. The van der Waals surface area contributed by atoms with Gasteiger partial charge < -0.3 is 10.1 Å². The predicted octanol–water partition coefficient (Wildman–Crippen LogP) is 3.41. The minimum atomic E-state index is -4.49. The Kier molecular flexibility index (Phi) is 5.38. The van der Waals surface area contributed by atoms with E-state index in [0.717, 1.165) is 6.07 Å². The summed E-state index contributed by atoms with van der Waals surface area (Å²) in [6, 6.07) is 8.54. The quantitative estimate of drug-likeness (QED) is 0.631. The second kappa shape index (κ2) is 7.48. The third-order valence-electron chi connectivity index (χ3n) is 3.03. The number of anilines is 1. The monoisotopic (exact) mass is 352 g/mol. The maximum Gasteiger partial charge on any atom is 0.422 e. The van der Waals surface area contributed by atoms with Gasteiger partial charge in [0.25, 0.3) is 5.69 Å². The minimum absolute atomic E-state index is 0.0214. The molecule has 0 saturated heterocycles. The second-order valence-electron chi connectivity index (χ2n) is 4.82. The van der Waals surface area contributed by atoms with Gasteiger partial charge in [0, 0.05) is 30.4 Å². The van der Waals surface area contributed by atoms with E-state index in [1.165, 1.54) is 30.5 Å². The molecule has 0 aliphatic heterocycles. The van der Waals surface area contributed by atoms with Crippen molar-refractivity contribution >= 4 is 11.4 Å². The van der Waals surface area contributed by atoms with Crippen molar-refractivity contribution in [2.45, 2.75) is 12.7 Å². The Hall–Kier alpha value is -3.35. The Labute approximate surface area is 139 Å². The molecule has 7 nitrogen and oxygen atoms in total. The Morgan fingerprint density at radius 3 is 2.76 bits per heavy atom. The number of nitriles is 1. The molecule has 0 radical (unpaired) electrons. The van der Waals surface area contributed by atoms with Crippen molar-refractivity contribution in [1.82, 2.24) is 4.98 Å². The molecular formula is C15H11F3N4O3. The van der Waals surface area contributed by atoms with Crippen molar-refractivity contribution in [2.75, 3.05) is 11.9 Å². The summed E-state index contributed by atoms with van der Waals surface area (Å²) in [5.74, 6) is -0.187. The van der Waals surface area contributed by atoms with Crippen LogP contribution in [0, 0.1) is 21.4 Å². The third-order valence-corrected chi connectivity index (χ3v) is 3.03. The van der Waals surface area contributed by atoms with Crippen LogP contribution >= 0.6 is 0 Å². The van der Waals surface area contributed by atoms with Gasteiger partial charge in [-0.1, -0.05) is 6.07 Å². The number of pyridine rings is 1. The SMILES string of the molecule is N#Cc1cc([N+](=O)[O-])ccc1NCc1cccnc1OCC(F)(F)F. The van der Waals surface area contributed by atoms with Gasteiger partial charge >= 0.3 is 6.18 Å². The molecule has 25 heavy (non-hydrogen) atoms. The summed E-state index contributed by atoms with van der Waals surface area (Å²) in [6.45, 7) is -1.45. The highest BCUT2D eigenvalue weighted by atomic mass is 19.4. The van der Waals surface area contributed by atoms with E-state index < -0.39 is 17.7 Å². The van der Waals surface area contributed by atoms with E-state index in [2.05, 4.69) is 15.0 Å². The lowest BCUT2D eigenvalue weighted by Gasteiger charge is -2.13. The summed E-state index contributed by atoms with van der Waals surface area (Å²) in [6.07, 6.45) is -3.20. The number of hydrogen-bond acceptors (Lipinski definition) is 6. The normalized spacial score (nSPS) is 10.8. The number of rotatable bonds is 6. The molecule has 2 aromatic rings. The molecule has 0 fully saturated rings. The van der Waals surface area contributed by atoms with Gasteiger partial charge in [-0.2, -0.15) is 18.4 Å². The smallest absolute Gasteiger partial charge is 0.422 e. The van der Waals surface area contributed by atoms with Crippen LogP contribution in [0.5, 0.6) is 5.88 Å². The first-order valence-electron chi connectivity index (χ1n) is 6.86. The van der Waals surface area contributed by atoms with E-state index >= 15 is 0 Å². The molecule has 0 aliphatic rings. The van der Waals surface area contributed by atoms with Gasteiger partial charge in [0.1, 0.15) is 6.07 Å². The second-order valence-corrected chi connectivity index (χ2v) is 4.82. The molecule has 0 aliphatic carbocycles. The molecule has 1 N–H and O–H groups in total. The van der Waals surface area contributed by atoms with E-state index in [1.807, 2.05) is 6.07 Å². The Bertz CT molecular complexity index is 818.